The Morgan fingerprint density at radius 2 is 1.50 bits per heavy atom. The lowest BCUT2D eigenvalue weighted by molar-refractivity contribution is -0.348. The summed E-state index contributed by atoms with van der Waals surface area (Å²) in [7, 11) is 1.79. The fourth-order valence-corrected chi connectivity index (χ4v) is 2.04. The van der Waals surface area contributed by atoms with Gasteiger partial charge in [-0.3, -0.25) is 0 Å². The van der Waals surface area contributed by atoms with Crippen molar-refractivity contribution in [2.24, 2.45) is 0 Å². The molecule has 0 aromatic heterocycles. The Bertz CT molecular complexity index is 566. The minimum Gasteiger partial charge on any atom is -0.465 e. The molecule has 1 aromatic carbocycles. The smallest absolute Gasteiger partial charge is 0.431 e. The summed E-state index contributed by atoms with van der Waals surface area (Å²) in [4.78, 5) is 11.6. The van der Waals surface area contributed by atoms with Gasteiger partial charge in [0.1, 0.15) is 0 Å². The van der Waals surface area contributed by atoms with Gasteiger partial charge in [0.15, 0.2) is 0 Å². The van der Waals surface area contributed by atoms with Gasteiger partial charge in [-0.15, -0.1) is 0 Å². The number of methoxy groups -OCH3 is 2. The summed E-state index contributed by atoms with van der Waals surface area (Å²) in [6, 6.07) is 4.76. The largest absolute Gasteiger partial charge is 0.465 e. The van der Waals surface area contributed by atoms with E-state index >= 15 is 0 Å². The molecule has 0 amide bonds. The lowest BCUT2D eigenvalue weighted by atomic mass is 9.90. The van der Waals surface area contributed by atoms with E-state index in [9.17, 15) is 35.5 Å². The Morgan fingerprint density at radius 3 is 1.92 bits per heavy atom. The molecular formula is C14H13F7O3. The van der Waals surface area contributed by atoms with Crippen molar-refractivity contribution in [3.8, 4) is 0 Å². The van der Waals surface area contributed by atoms with Crippen LogP contribution >= 0.6 is 0 Å². The number of alkyl halides is 7. The summed E-state index contributed by atoms with van der Waals surface area (Å²) in [6.07, 6.45) is -16.5. The van der Waals surface area contributed by atoms with Crippen molar-refractivity contribution in [2.75, 3.05) is 14.2 Å². The van der Waals surface area contributed by atoms with Crippen LogP contribution in [-0.4, -0.2) is 38.2 Å². The van der Waals surface area contributed by atoms with Crippen LogP contribution in [0.15, 0.2) is 24.3 Å². The Balaban J connectivity index is 3.36. The Morgan fingerprint density at radius 1 is 1.00 bits per heavy atom. The van der Waals surface area contributed by atoms with Gasteiger partial charge < -0.3 is 9.47 Å². The van der Waals surface area contributed by atoms with E-state index < -0.39 is 36.5 Å². The topological polar surface area (TPSA) is 35.5 Å². The molecule has 10 heteroatoms. The molecule has 0 heterocycles. The molecule has 0 spiro atoms. The van der Waals surface area contributed by atoms with Gasteiger partial charge in [-0.2, -0.15) is 26.3 Å². The second-order valence-corrected chi connectivity index (χ2v) is 4.80. The third-order valence-electron chi connectivity index (χ3n) is 3.36. The van der Waals surface area contributed by atoms with Gasteiger partial charge in [0, 0.05) is 13.5 Å². The fourth-order valence-electron chi connectivity index (χ4n) is 2.04. The summed E-state index contributed by atoms with van der Waals surface area (Å²) in [6.45, 7) is 0. The lowest BCUT2D eigenvalue weighted by Crippen LogP contribution is -2.54. The van der Waals surface area contributed by atoms with E-state index in [2.05, 4.69) is 9.47 Å². The molecule has 0 bridgehead atoms. The van der Waals surface area contributed by atoms with Crippen LogP contribution in [0, 0.1) is 0 Å². The first-order chi connectivity index (χ1) is 10.9. The molecule has 3 nitrogen and oxygen atoms in total. The zero-order valence-corrected chi connectivity index (χ0v) is 12.5. The van der Waals surface area contributed by atoms with Gasteiger partial charge in [0.2, 0.25) is 0 Å². The SMILES string of the molecule is COC(=O)c1ccccc1C(CC(F)(C(F)(F)F)C(F)(F)F)OC. The van der Waals surface area contributed by atoms with E-state index in [1.807, 2.05) is 0 Å². The molecule has 0 saturated heterocycles. The van der Waals surface area contributed by atoms with E-state index in [0.717, 1.165) is 26.4 Å². The minimum absolute atomic E-state index is 0.321. The lowest BCUT2D eigenvalue weighted by Gasteiger charge is -2.33. The highest BCUT2D eigenvalue weighted by Crippen LogP contribution is 2.51. The van der Waals surface area contributed by atoms with Crippen molar-refractivity contribution in [3.05, 3.63) is 35.4 Å². The Kier molecular flexibility index (Phi) is 5.86. The van der Waals surface area contributed by atoms with Crippen molar-refractivity contribution in [1.29, 1.82) is 0 Å². The molecule has 0 aliphatic carbocycles. The minimum atomic E-state index is -6.21. The molecule has 136 valence electrons. The van der Waals surface area contributed by atoms with Crippen molar-refractivity contribution in [2.45, 2.75) is 30.5 Å². The summed E-state index contributed by atoms with van der Waals surface area (Å²) in [5.41, 5.74) is -6.16. The summed E-state index contributed by atoms with van der Waals surface area (Å²) >= 11 is 0. The molecule has 0 aliphatic rings. The maximum Gasteiger partial charge on any atom is 0.431 e. The van der Waals surface area contributed by atoms with E-state index in [-0.39, 0.29) is 11.1 Å². The molecule has 0 fully saturated rings. The van der Waals surface area contributed by atoms with Crippen LogP contribution < -0.4 is 0 Å². The molecule has 1 rings (SSSR count). The summed E-state index contributed by atoms with van der Waals surface area (Å²) in [5.74, 6) is -1.00. The number of rotatable bonds is 5. The molecule has 0 aliphatic heterocycles. The number of benzene rings is 1. The van der Waals surface area contributed by atoms with Crippen molar-refractivity contribution >= 4 is 5.97 Å². The van der Waals surface area contributed by atoms with Crippen LogP contribution in [0.3, 0.4) is 0 Å². The number of carbonyl (C=O) groups excluding carboxylic acids is 1. The van der Waals surface area contributed by atoms with E-state index in [1.54, 1.807) is 0 Å². The van der Waals surface area contributed by atoms with Gasteiger partial charge in [-0.25, -0.2) is 9.18 Å². The number of carbonyl (C=O) groups is 1. The van der Waals surface area contributed by atoms with Crippen LogP contribution in [0.25, 0.3) is 0 Å². The average Bonchev–Trinajstić information content (AvgIpc) is 2.49. The number of ether oxygens (including phenoxy) is 2. The van der Waals surface area contributed by atoms with Crippen LogP contribution in [0.1, 0.15) is 28.4 Å². The third-order valence-corrected chi connectivity index (χ3v) is 3.36. The van der Waals surface area contributed by atoms with Crippen LogP contribution in [0.2, 0.25) is 0 Å². The predicted molar refractivity (Wildman–Crippen MR) is 68.1 cm³/mol. The number of hydrogen-bond donors (Lipinski definition) is 0. The molecule has 0 saturated carbocycles. The van der Waals surface area contributed by atoms with Gasteiger partial charge in [0.25, 0.3) is 0 Å². The highest BCUT2D eigenvalue weighted by atomic mass is 19.4. The molecule has 24 heavy (non-hydrogen) atoms. The highest BCUT2D eigenvalue weighted by Gasteiger charge is 2.72. The maximum absolute atomic E-state index is 13.9. The first kappa shape index (κ1) is 20.2. The molecular weight excluding hydrogens is 349 g/mol. The monoisotopic (exact) mass is 362 g/mol. The van der Waals surface area contributed by atoms with Crippen molar-refractivity contribution in [1.82, 2.24) is 0 Å². The van der Waals surface area contributed by atoms with E-state index in [4.69, 9.17) is 0 Å². The van der Waals surface area contributed by atoms with Crippen LogP contribution in [0.4, 0.5) is 30.7 Å². The first-order valence-electron chi connectivity index (χ1n) is 6.41. The fraction of sp³-hybridized carbons (Fsp3) is 0.500. The predicted octanol–water partition coefficient (Wildman–Crippen LogP) is 4.38. The standard InChI is InChI=1S/C14H13F7O3/c1-23-10(7-12(15,13(16,17)18)14(19,20)21)8-5-3-4-6-9(8)11(22)24-2/h3-6,10H,7H2,1-2H3. The molecule has 0 radical (unpaired) electrons. The van der Waals surface area contributed by atoms with Gasteiger partial charge >= 0.3 is 24.0 Å². The maximum atomic E-state index is 13.9. The van der Waals surface area contributed by atoms with Gasteiger partial charge in [-0.1, -0.05) is 18.2 Å². The van der Waals surface area contributed by atoms with E-state index in [0.29, 0.717) is 0 Å². The molecule has 1 atom stereocenters. The molecule has 0 N–H and O–H groups in total. The first-order valence-corrected chi connectivity index (χ1v) is 6.41. The van der Waals surface area contributed by atoms with Crippen LogP contribution in [-0.2, 0) is 9.47 Å². The van der Waals surface area contributed by atoms with Gasteiger partial charge in [0.05, 0.1) is 18.8 Å². The zero-order valence-electron chi connectivity index (χ0n) is 12.5. The Hall–Kier alpha value is -1.84. The number of halogens is 7. The summed E-state index contributed by atoms with van der Waals surface area (Å²) in [5, 5.41) is 0. The average molecular weight is 362 g/mol. The second kappa shape index (κ2) is 6.96. The van der Waals surface area contributed by atoms with Gasteiger partial charge in [-0.05, 0) is 11.6 Å². The quantitative estimate of drug-likeness (QED) is 0.576. The molecule has 1 unspecified atom stereocenters. The van der Waals surface area contributed by atoms with E-state index in [1.165, 1.54) is 12.1 Å². The van der Waals surface area contributed by atoms with Crippen LogP contribution in [0.5, 0.6) is 0 Å². The zero-order chi connectivity index (χ0) is 18.8. The number of esters is 1. The number of hydrogen-bond acceptors (Lipinski definition) is 3. The Labute approximate surface area is 132 Å². The second-order valence-electron chi connectivity index (χ2n) is 4.80. The molecule has 1 aromatic rings. The third kappa shape index (κ3) is 3.80. The highest BCUT2D eigenvalue weighted by molar-refractivity contribution is 5.91. The van der Waals surface area contributed by atoms with Crippen molar-refractivity contribution < 1.29 is 45.0 Å². The van der Waals surface area contributed by atoms with Crippen molar-refractivity contribution in [3.63, 3.8) is 0 Å². The summed E-state index contributed by atoms with van der Waals surface area (Å²) < 4.78 is 99.1. The normalized spacial score (nSPS) is 14.4.